The zero-order valence-corrected chi connectivity index (χ0v) is 16.0. The Morgan fingerprint density at radius 1 is 1.29 bits per heavy atom. The molecule has 0 spiro atoms. The van der Waals surface area contributed by atoms with Gasteiger partial charge in [0, 0.05) is 12.5 Å². The summed E-state index contributed by atoms with van der Waals surface area (Å²) in [5, 5.41) is 7.47. The zero-order valence-electron chi connectivity index (χ0n) is 15.3. The van der Waals surface area contributed by atoms with Gasteiger partial charge in [-0.15, -0.1) is 0 Å². The van der Waals surface area contributed by atoms with Crippen LogP contribution in [0.4, 0.5) is 4.39 Å². The third-order valence-corrected chi connectivity index (χ3v) is 5.16. The number of hydrogen-bond acceptors (Lipinski definition) is 3. The first-order valence-electron chi connectivity index (χ1n) is 9.03. The highest BCUT2D eigenvalue weighted by Gasteiger charge is 2.24. The van der Waals surface area contributed by atoms with Gasteiger partial charge in [-0.05, 0) is 49.2 Å². The first-order chi connectivity index (χ1) is 13.5. The van der Waals surface area contributed by atoms with E-state index in [0.29, 0.717) is 30.1 Å². The number of nitrogens with one attached hydrogen (secondary N) is 1. The first-order valence-corrected chi connectivity index (χ1v) is 9.40. The van der Waals surface area contributed by atoms with Crippen LogP contribution in [0.1, 0.15) is 21.6 Å². The number of benzene rings is 2. The Morgan fingerprint density at radius 3 is 2.82 bits per heavy atom. The number of rotatable bonds is 4. The van der Waals surface area contributed by atoms with Gasteiger partial charge in [-0.25, -0.2) is 9.07 Å². The number of ether oxygens (including phenoxy) is 1. The molecular formula is C21H19ClFN3O2. The number of carbonyl (C=O) groups is 1. The first kappa shape index (κ1) is 18.5. The van der Waals surface area contributed by atoms with E-state index >= 15 is 0 Å². The van der Waals surface area contributed by atoms with Crippen molar-refractivity contribution in [3.63, 3.8) is 0 Å². The lowest BCUT2D eigenvalue weighted by molar-refractivity contribution is 0.0938. The highest BCUT2D eigenvalue weighted by molar-refractivity contribution is 6.33. The summed E-state index contributed by atoms with van der Waals surface area (Å²) in [5.41, 5.74) is 2.57. The highest BCUT2D eigenvalue weighted by atomic mass is 35.5. The molecule has 0 saturated carbocycles. The molecule has 28 heavy (non-hydrogen) atoms. The molecule has 4 rings (SSSR count). The van der Waals surface area contributed by atoms with Crippen LogP contribution in [0.3, 0.4) is 0 Å². The maximum atomic E-state index is 13.1. The Bertz CT molecular complexity index is 1020. The van der Waals surface area contributed by atoms with E-state index in [-0.39, 0.29) is 22.8 Å². The summed E-state index contributed by atoms with van der Waals surface area (Å²) in [6.07, 6.45) is 0.845. The fourth-order valence-corrected chi connectivity index (χ4v) is 3.72. The molecule has 0 saturated heterocycles. The largest absolute Gasteiger partial charge is 0.493 e. The Kier molecular flexibility index (Phi) is 5.05. The number of halogens is 2. The molecule has 0 fully saturated rings. The van der Waals surface area contributed by atoms with Gasteiger partial charge in [0.2, 0.25) is 0 Å². The molecule has 1 aliphatic heterocycles. The van der Waals surface area contributed by atoms with E-state index in [9.17, 15) is 9.18 Å². The SMILES string of the molecule is Cc1nn(-c2ccc(F)cc2)c(Cl)c1C(=O)NCC1COc2ccccc2C1. The highest BCUT2D eigenvalue weighted by Crippen LogP contribution is 2.27. The zero-order chi connectivity index (χ0) is 19.7. The molecular weight excluding hydrogens is 381 g/mol. The third-order valence-electron chi connectivity index (χ3n) is 4.81. The number of para-hydroxylation sites is 1. The van der Waals surface area contributed by atoms with E-state index in [1.165, 1.54) is 16.8 Å². The van der Waals surface area contributed by atoms with E-state index in [2.05, 4.69) is 10.4 Å². The summed E-state index contributed by atoms with van der Waals surface area (Å²) >= 11 is 6.41. The fraction of sp³-hybridized carbons (Fsp3) is 0.238. The standard InChI is InChI=1S/C21H19ClFN3O2/c1-13-19(20(22)26(25-13)17-8-6-16(23)7-9-17)21(27)24-11-14-10-15-4-2-3-5-18(15)28-12-14/h2-9,14H,10-12H2,1H3,(H,24,27). The van der Waals surface area contributed by atoms with Gasteiger partial charge in [-0.2, -0.15) is 5.10 Å². The Labute approximate surface area is 167 Å². The second kappa shape index (κ2) is 7.64. The van der Waals surface area contributed by atoms with E-state index in [1.807, 2.05) is 24.3 Å². The molecule has 2 aromatic carbocycles. The number of hydrogen-bond donors (Lipinski definition) is 1. The van der Waals surface area contributed by atoms with Crippen LogP contribution in [0.15, 0.2) is 48.5 Å². The van der Waals surface area contributed by atoms with Crippen LogP contribution >= 0.6 is 11.6 Å². The van der Waals surface area contributed by atoms with Crippen molar-refractivity contribution in [2.75, 3.05) is 13.2 Å². The average Bonchev–Trinajstić information content (AvgIpc) is 3.00. The van der Waals surface area contributed by atoms with Gasteiger partial charge in [0.15, 0.2) is 0 Å². The smallest absolute Gasteiger partial charge is 0.256 e. The predicted octanol–water partition coefficient (Wildman–Crippen LogP) is 3.95. The van der Waals surface area contributed by atoms with Crippen molar-refractivity contribution < 1.29 is 13.9 Å². The van der Waals surface area contributed by atoms with Gasteiger partial charge >= 0.3 is 0 Å². The minimum atomic E-state index is -0.349. The molecule has 1 unspecified atom stereocenters. The quantitative estimate of drug-likeness (QED) is 0.722. The second-order valence-electron chi connectivity index (χ2n) is 6.84. The molecule has 2 heterocycles. The minimum Gasteiger partial charge on any atom is -0.493 e. The van der Waals surface area contributed by atoms with Crippen LogP contribution in [0.25, 0.3) is 5.69 Å². The number of fused-ring (bicyclic) bond motifs is 1. The normalized spacial score (nSPS) is 15.6. The fourth-order valence-electron chi connectivity index (χ4n) is 3.36. The average molecular weight is 400 g/mol. The molecule has 1 aliphatic rings. The lowest BCUT2D eigenvalue weighted by atomic mass is 9.96. The van der Waals surface area contributed by atoms with Crippen LogP contribution in [0.5, 0.6) is 5.75 Å². The lowest BCUT2D eigenvalue weighted by Gasteiger charge is -2.25. The topological polar surface area (TPSA) is 56.2 Å². The van der Waals surface area contributed by atoms with E-state index in [1.54, 1.807) is 19.1 Å². The molecule has 1 amide bonds. The summed E-state index contributed by atoms with van der Waals surface area (Å²) in [4.78, 5) is 12.7. The van der Waals surface area contributed by atoms with Gasteiger partial charge in [0.1, 0.15) is 16.7 Å². The third kappa shape index (κ3) is 3.60. The molecule has 7 heteroatoms. The van der Waals surface area contributed by atoms with Crippen molar-refractivity contribution in [3.8, 4) is 11.4 Å². The summed E-state index contributed by atoms with van der Waals surface area (Å²) in [6.45, 7) is 2.75. The molecule has 1 atom stereocenters. The van der Waals surface area contributed by atoms with E-state index in [0.717, 1.165) is 17.7 Å². The lowest BCUT2D eigenvalue weighted by Crippen LogP contribution is -2.35. The Hall–Kier alpha value is -2.86. The molecule has 3 aromatic rings. The maximum absolute atomic E-state index is 13.1. The van der Waals surface area contributed by atoms with Crippen molar-refractivity contribution in [2.45, 2.75) is 13.3 Å². The van der Waals surface area contributed by atoms with Gasteiger partial charge < -0.3 is 10.1 Å². The van der Waals surface area contributed by atoms with Crippen molar-refractivity contribution in [3.05, 3.63) is 76.3 Å². The van der Waals surface area contributed by atoms with Crippen molar-refractivity contribution in [1.29, 1.82) is 0 Å². The van der Waals surface area contributed by atoms with Crippen molar-refractivity contribution >= 4 is 17.5 Å². The van der Waals surface area contributed by atoms with Crippen LogP contribution < -0.4 is 10.1 Å². The molecule has 144 valence electrons. The van der Waals surface area contributed by atoms with E-state index < -0.39 is 0 Å². The molecule has 1 aromatic heterocycles. The van der Waals surface area contributed by atoms with Crippen LogP contribution in [0.2, 0.25) is 5.15 Å². The Balaban J connectivity index is 1.46. The molecule has 5 nitrogen and oxygen atoms in total. The molecule has 1 N–H and O–H groups in total. The van der Waals surface area contributed by atoms with Crippen LogP contribution in [-0.2, 0) is 6.42 Å². The number of amides is 1. The molecule has 0 radical (unpaired) electrons. The summed E-state index contributed by atoms with van der Waals surface area (Å²) < 4.78 is 20.4. The maximum Gasteiger partial charge on any atom is 0.256 e. The molecule has 0 aliphatic carbocycles. The number of carbonyl (C=O) groups excluding carboxylic acids is 1. The number of aryl methyl sites for hydroxylation is 1. The summed E-state index contributed by atoms with van der Waals surface area (Å²) in [7, 11) is 0. The monoisotopic (exact) mass is 399 g/mol. The van der Waals surface area contributed by atoms with Gasteiger partial charge in [0.25, 0.3) is 5.91 Å². The number of nitrogens with zero attached hydrogens (tertiary/aromatic N) is 2. The Morgan fingerprint density at radius 2 is 2.04 bits per heavy atom. The predicted molar refractivity (Wildman–Crippen MR) is 105 cm³/mol. The van der Waals surface area contributed by atoms with Crippen molar-refractivity contribution in [2.24, 2.45) is 5.92 Å². The molecule has 0 bridgehead atoms. The van der Waals surface area contributed by atoms with Crippen LogP contribution in [-0.4, -0.2) is 28.8 Å². The van der Waals surface area contributed by atoms with Gasteiger partial charge in [-0.3, -0.25) is 4.79 Å². The summed E-state index contributed by atoms with van der Waals surface area (Å²) in [6, 6.07) is 13.7. The minimum absolute atomic E-state index is 0.185. The van der Waals surface area contributed by atoms with E-state index in [4.69, 9.17) is 16.3 Å². The van der Waals surface area contributed by atoms with Crippen LogP contribution in [0, 0.1) is 18.7 Å². The summed E-state index contributed by atoms with van der Waals surface area (Å²) in [5.74, 6) is 0.460. The van der Waals surface area contributed by atoms with Gasteiger partial charge in [0.05, 0.1) is 23.6 Å². The number of aromatic nitrogens is 2. The van der Waals surface area contributed by atoms with Gasteiger partial charge in [-0.1, -0.05) is 29.8 Å². The second-order valence-corrected chi connectivity index (χ2v) is 7.20. The van der Waals surface area contributed by atoms with Crippen molar-refractivity contribution in [1.82, 2.24) is 15.1 Å².